The normalized spacial score (nSPS) is 20.0. The zero-order valence-electron chi connectivity index (χ0n) is 15.3. The van der Waals surface area contributed by atoms with Crippen LogP contribution in [-0.4, -0.2) is 40.5 Å². The zero-order valence-corrected chi connectivity index (χ0v) is 15.3. The minimum absolute atomic E-state index is 0.0667. The Kier molecular flexibility index (Phi) is 5.71. The lowest BCUT2D eigenvalue weighted by Gasteiger charge is -2.41. The molecule has 6 nitrogen and oxygen atoms in total. The van der Waals surface area contributed by atoms with Crippen molar-refractivity contribution >= 4 is 11.8 Å². The summed E-state index contributed by atoms with van der Waals surface area (Å²) in [6.45, 7) is 4.13. The summed E-state index contributed by atoms with van der Waals surface area (Å²) in [7, 11) is 0. The molecule has 0 saturated carbocycles. The molecule has 1 aliphatic rings. The van der Waals surface area contributed by atoms with Crippen LogP contribution in [0.15, 0.2) is 40.9 Å². The van der Waals surface area contributed by atoms with Gasteiger partial charge in [0.15, 0.2) is 5.69 Å². The average molecular weight is 355 g/mol. The minimum atomic E-state index is -0.135. The van der Waals surface area contributed by atoms with Crippen LogP contribution in [0.4, 0.5) is 0 Å². The van der Waals surface area contributed by atoms with Crippen molar-refractivity contribution in [2.45, 2.75) is 51.6 Å². The van der Waals surface area contributed by atoms with Crippen LogP contribution >= 0.6 is 0 Å². The van der Waals surface area contributed by atoms with Crippen LogP contribution in [0.1, 0.15) is 48.5 Å². The highest BCUT2D eigenvalue weighted by Crippen LogP contribution is 2.24. The van der Waals surface area contributed by atoms with Crippen LogP contribution in [0.3, 0.4) is 0 Å². The number of piperidine rings is 1. The van der Waals surface area contributed by atoms with Gasteiger partial charge in [0.25, 0.3) is 5.91 Å². The van der Waals surface area contributed by atoms with Crippen molar-refractivity contribution in [3.63, 3.8) is 0 Å². The number of aromatic nitrogens is 1. The Balaban J connectivity index is 1.86. The molecule has 26 heavy (non-hydrogen) atoms. The molecule has 1 aromatic carbocycles. The van der Waals surface area contributed by atoms with E-state index in [4.69, 9.17) is 4.52 Å². The standard InChI is InChI=1S/C20H25N3O3/c1-3-16-13-18(22-26-16)20(25)23-11-7-10-17(21-14(2)24)19(23)12-15-8-5-4-6-9-15/h4-6,8-9,13,17,19H,3,7,10-12H2,1-2H3,(H,21,24)/t17-,19-/m0/s1. The third-order valence-corrected chi connectivity index (χ3v) is 4.84. The van der Waals surface area contributed by atoms with Crippen LogP contribution in [0, 0.1) is 0 Å². The Labute approximate surface area is 153 Å². The van der Waals surface area contributed by atoms with Crippen LogP contribution in [0.2, 0.25) is 0 Å². The Morgan fingerprint density at radius 3 is 2.73 bits per heavy atom. The van der Waals surface area contributed by atoms with Gasteiger partial charge in [0.2, 0.25) is 5.91 Å². The van der Waals surface area contributed by atoms with Crippen molar-refractivity contribution in [2.24, 2.45) is 0 Å². The summed E-state index contributed by atoms with van der Waals surface area (Å²) in [6, 6.07) is 11.6. The molecule has 2 aromatic rings. The maximum absolute atomic E-state index is 13.1. The molecule has 0 radical (unpaired) electrons. The molecule has 138 valence electrons. The highest BCUT2D eigenvalue weighted by molar-refractivity contribution is 5.92. The number of aryl methyl sites for hydroxylation is 1. The second kappa shape index (κ2) is 8.17. The third kappa shape index (κ3) is 4.12. The van der Waals surface area contributed by atoms with Gasteiger partial charge in [0, 0.05) is 32.0 Å². The molecule has 1 aromatic heterocycles. The average Bonchev–Trinajstić information content (AvgIpc) is 3.12. The van der Waals surface area contributed by atoms with E-state index < -0.39 is 0 Å². The van der Waals surface area contributed by atoms with Gasteiger partial charge in [-0.05, 0) is 24.8 Å². The molecule has 1 fully saturated rings. The SMILES string of the molecule is CCc1cc(C(=O)N2CCC[C@H](NC(C)=O)[C@@H]2Cc2ccccc2)no1. The molecular weight excluding hydrogens is 330 g/mol. The van der Waals surface area contributed by atoms with E-state index in [-0.39, 0.29) is 23.9 Å². The first-order chi connectivity index (χ1) is 12.6. The van der Waals surface area contributed by atoms with E-state index in [9.17, 15) is 9.59 Å². The van der Waals surface area contributed by atoms with E-state index in [0.717, 1.165) is 18.4 Å². The fraction of sp³-hybridized carbons (Fsp3) is 0.450. The highest BCUT2D eigenvalue weighted by atomic mass is 16.5. The fourth-order valence-corrected chi connectivity index (χ4v) is 3.57. The predicted octanol–water partition coefficient (Wildman–Crippen LogP) is 2.59. The summed E-state index contributed by atoms with van der Waals surface area (Å²) in [6.07, 6.45) is 3.10. The van der Waals surface area contributed by atoms with Crippen molar-refractivity contribution in [1.29, 1.82) is 0 Å². The Bertz CT molecular complexity index is 757. The van der Waals surface area contributed by atoms with Gasteiger partial charge in [-0.25, -0.2) is 0 Å². The quantitative estimate of drug-likeness (QED) is 0.894. The number of carbonyl (C=O) groups is 2. The number of rotatable bonds is 5. The highest BCUT2D eigenvalue weighted by Gasteiger charge is 2.36. The maximum atomic E-state index is 13.1. The molecule has 0 spiro atoms. The summed E-state index contributed by atoms with van der Waals surface area (Å²) in [4.78, 5) is 26.6. The molecule has 1 N–H and O–H groups in total. The summed E-state index contributed by atoms with van der Waals surface area (Å²) in [5, 5.41) is 6.96. The molecule has 1 aliphatic heterocycles. The summed E-state index contributed by atoms with van der Waals surface area (Å²) in [5.74, 6) is 0.491. The van der Waals surface area contributed by atoms with Crippen LogP contribution < -0.4 is 5.32 Å². The van der Waals surface area contributed by atoms with E-state index in [1.54, 1.807) is 6.07 Å². The third-order valence-electron chi connectivity index (χ3n) is 4.84. The van der Waals surface area contributed by atoms with Gasteiger partial charge in [-0.1, -0.05) is 42.4 Å². The van der Waals surface area contributed by atoms with E-state index >= 15 is 0 Å². The van der Waals surface area contributed by atoms with Gasteiger partial charge in [-0.15, -0.1) is 0 Å². The smallest absolute Gasteiger partial charge is 0.276 e. The zero-order chi connectivity index (χ0) is 18.5. The molecule has 0 unspecified atom stereocenters. The number of amides is 2. The largest absolute Gasteiger partial charge is 0.361 e. The second-order valence-electron chi connectivity index (χ2n) is 6.74. The van der Waals surface area contributed by atoms with Gasteiger partial charge in [-0.2, -0.15) is 0 Å². The summed E-state index contributed by atoms with van der Waals surface area (Å²) < 4.78 is 5.20. The van der Waals surface area contributed by atoms with E-state index in [0.29, 0.717) is 30.8 Å². The van der Waals surface area contributed by atoms with Gasteiger partial charge < -0.3 is 14.7 Å². The molecular formula is C20H25N3O3. The number of hydrogen-bond donors (Lipinski definition) is 1. The van der Waals surface area contributed by atoms with Gasteiger partial charge >= 0.3 is 0 Å². The van der Waals surface area contributed by atoms with Gasteiger partial charge in [-0.3, -0.25) is 9.59 Å². The van der Waals surface area contributed by atoms with E-state index in [1.165, 1.54) is 6.92 Å². The Hall–Kier alpha value is -2.63. The first-order valence-electron chi connectivity index (χ1n) is 9.16. The van der Waals surface area contributed by atoms with E-state index in [2.05, 4.69) is 10.5 Å². The lowest BCUT2D eigenvalue weighted by atomic mass is 9.90. The molecule has 2 amide bonds. The molecule has 1 saturated heterocycles. The number of hydrogen-bond acceptors (Lipinski definition) is 4. The summed E-state index contributed by atoms with van der Waals surface area (Å²) in [5.41, 5.74) is 1.48. The van der Waals surface area contributed by atoms with Gasteiger partial charge in [0.05, 0.1) is 6.04 Å². The topological polar surface area (TPSA) is 75.4 Å². The lowest BCUT2D eigenvalue weighted by molar-refractivity contribution is -0.120. The number of carbonyl (C=O) groups excluding carboxylic acids is 2. The monoisotopic (exact) mass is 355 g/mol. The predicted molar refractivity (Wildman–Crippen MR) is 97.7 cm³/mol. The van der Waals surface area contributed by atoms with E-state index in [1.807, 2.05) is 42.2 Å². The van der Waals surface area contributed by atoms with Crippen molar-refractivity contribution in [2.75, 3.05) is 6.54 Å². The first kappa shape index (κ1) is 18.2. The first-order valence-corrected chi connectivity index (χ1v) is 9.16. The molecule has 3 rings (SSSR count). The summed E-state index contributed by atoms with van der Waals surface area (Å²) >= 11 is 0. The number of nitrogens with one attached hydrogen (secondary N) is 1. The maximum Gasteiger partial charge on any atom is 0.276 e. The minimum Gasteiger partial charge on any atom is -0.361 e. The Morgan fingerprint density at radius 2 is 2.08 bits per heavy atom. The molecule has 0 aliphatic carbocycles. The van der Waals surface area contributed by atoms with Crippen molar-refractivity contribution in [1.82, 2.24) is 15.4 Å². The van der Waals surface area contributed by atoms with Crippen LogP contribution in [-0.2, 0) is 17.6 Å². The number of likely N-dealkylation sites (tertiary alicyclic amines) is 1. The van der Waals surface area contributed by atoms with Gasteiger partial charge in [0.1, 0.15) is 5.76 Å². The Morgan fingerprint density at radius 1 is 1.31 bits per heavy atom. The lowest BCUT2D eigenvalue weighted by Crippen LogP contribution is -2.57. The number of benzene rings is 1. The van der Waals surface area contributed by atoms with Crippen LogP contribution in [0.5, 0.6) is 0 Å². The second-order valence-corrected chi connectivity index (χ2v) is 6.74. The van der Waals surface area contributed by atoms with Crippen molar-refractivity contribution in [3.8, 4) is 0 Å². The molecule has 0 bridgehead atoms. The molecule has 2 heterocycles. The van der Waals surface area contributed by atoms with Crippen molar-refractivity contribution in [3.05, 3.63) is 53.4 Å². The van der Waals surface area contributed by atoms with Crippen molar-refractivity contribution < 1.29 is 14.1 Å². The molecule has 2 atom stereocenters. The molecule has 6 heteroatoms. The van der Waals surface area contributed by atoms with Crippen LogP contribution in [0.25, 0.3) is 0 Å². The number of nitrogens with zero attached hydrogens (tertiary/aromatic N) is 2. The fourth-order valence-electron chi connectivity index (χ4n) is 3.57.